The van der Waals surface area contributed by atoms with Gasteiger partial charge in [-0.25, -0.2) is 0 Å². The third-order valence-corrected chi connectivity index (χ3v) is 6.16. The van der Waals surface area contributed by atoms with Gasteiger partial charge in [-0.3, -0.25) is 9.59 Å². The number of methoxy groups -OCH3 is 1. The molecule has 2 fully saturated rings. The molecule has 2 amide bonds. The predicted octanol–water partition coefficient (Wildman–Crippen LogP) is 2.58. The maximum absolute atomic E-state index is 13.5. The Morgan fingerprint density at radius 2 is 2.07 bits per heavy atom. The van der Waals surface area contributed by atoms with Crippen molar-refractivity contribution in [3.63, 3.8) is 0 Å². The number of hydrogen-bond donors (Lipinski definition) is 1. The summed E-state index contributed by atoms with van der Waals surface area (Å²) in [5.41, 5.74) is 6.75. The molecule has 154 valence electrons. The minimum atomic E-state index is -0.270. The number of likely N-dealkylation sites (tertiary alicyclic amines) is 2. The summed E-state index contributed by atoms with van der Waals surface area (Å²) >= 11 is 0. The fraction of sp³-hybridized carbons (Fsp3) is 0.636. The molecule has 6 heteroatoms. The molecular formula is C22H33N3O3. The number of carbonyl (C=O) groups is 2. The lowest BCUT2D eigenvalue weighted by Gasteiger charge is -2.42. The highest BCUT2D eigenvalue weighted by Crippen LogP contribution is 2.42. The van der Waals surface area contributed by atoms with Gasteiger partial charge in [0.15, 0.2) is 0 Å². The van der Waals surface area contributed by atoms with Crippen LogP contribution < -0.4 is 10.5 Å². The summed E-state index contributed by atoms with van der Waals surface area (Å²) in [6.45, 7) is 4.90. The van der Waals surface area contributed by atoms with Crippen molar-refractivity contribution in [2.45, 2.75) is 45.1 Å². The van der Waals surface area contributed by atoms with Gasteiger partial charge in [-0.15, -0.1) is 0 Å². The van der Waals surface area contributed by atoms with E-state index in [9.17, 15) is 9.59 Å². The monoisotopic (exact) mass is 387 g/mol. The molecule has 0 radical (unpaired) electrons. The Bertz CT molecular complexity index is 693. The number of amides is 2. The highest BCUT2D eigenvalue weighted by molar-refractivity contribution is 5.85. The van der Waals surface area contributed by atoms with Crippen molar-refractivity contribution in [2.75, 3.05) is 33.3 Å². The second-order valence-electron chi connectivity index (χ2n) is 7.95. The van der Waals surface area contributed by atoms with Crippen LogP contribution in [0.25, 0.3) is 0 Å². The van der Waals surface area contributed by atoms with Gasteiger partial charge >= 0.3 is 0 Å². The molecule has 0 aliphatic carbocycles. The number of rotatable bonds is 7. The van der Waals surface area contributed by atoms with Crippen LogP contribution in [-0.4, -0.2) is 54.9 Å². The molecule has 1 aromatic rings. The van der Waals surface area contributed by atoms with Gasteiger partial charge in [0, 0.05) is 31.6 Å². The first-order chi connectivity index (χ1) is 13.6. The molecule has 2 aliphatic heterocycles. The summed E-state index contributed by atoms with van der Waals surface area (Å²) in [7, 11) is 1.64. The Labute approximate surface area is 168 Å². The van der Waals surface area contributed by atoms with Crippen molar-refractivity contribution in [3.05, 3.63) is 29.8 Å². The lowest BCUT2D eigenvalue weighted by atomic mass is 9.82. The summed E-state index contributed by atoms with van der Waals surface area (Å²) in [4.78, 5) is 30.2. The van der Waals surface area contributed by atoms with Crippen LogP contribution in [0.5, 0.6) is 5.75 Å². The molecule has 2 N–H and O–H groups in total. The molecule has 0 bridgehead atoms. The van der Waals surface area contributed by atoms with Crippen LogP contribution in [0.15, 0.2) is 24.3 Å². The summed E-state index contributed by atoms with van der Waals surface area (Å²) in [6, 6.07) is 7.51. The van der Waals surface area contributed by atoms with Gasteiger partial charge in [0.25, 0.3) is 0 Å². The SMILES string of the molecule is CCCCN1C(=O)CCC(C(=O)N2CCC(CN)C2)C1c1ccccc1OC. The smallest absolute Gasteiger partial charge is 0.228 e. The maximum Gasteiger partial charge on any atom is 0.228 e. The molecule has 2 heterocycles. The average molecular weight is 388 g/mol. The second-order valence-corrected chi connectivity index (χ2v) is 7.95. The Balaban J connectivity index is 1.94. The molecular weight excluding hydrogens is 354 g/mol. The van der Waals surface area contributed by atoms with Gasteiger partial charge in [0.05, 0.1) is 19.1 Å². The van der Waals surface area contributed by atoms with Crippen molar-refractivity contribution in [1.29, 1.82) is 0 Å². The van der Waals surface area contributed by atoms with Crippen LogP contribution in [0.3, 0.4) is 0 Å². The fourth-order valence-corrected chi connectivity index (χ4v) is 4.56. The zero-order chi connectivity index (χ0) is 20.1. The maximum atomic E-state index is 13.5. The van der Waals surface area contributed by atoms with Gasteiger partial charge in [-0.05, 0) is 37.8 Å². The molecule has 3 unspecified atom stereocenters. The normalized spacial score (nSPS) is 25.2. The number of nitrogens with two attached hydrogens (primary N) is 1. The number of hydrogen-bond acceptors (Lipinski definition) is 4. The van der Waals surface area contributed by atoms with Crippen molar-refractivity contribution in [2.24, 2.45) is 17.6 Å². The van der Waals surface area contributed by atoms with E-state index in [1.165, 1.54) is 0 Å². The summed E-state index contributed by atoms with van der Waals surface area (Å²) < 4.78 is 5.60. The first-order valence-electron chi connectivity index (χ1n) is 10.5. The number of ether oxygens (including phenoxy) is 1. The first-order valence-corrected chi connectivity index (χ1v) is 10.5. The highest BCUT2D eigenvalue weighted by Gasteiger charge is 2.43. The van der Waals surface area contributed by atoms with E-state index in [1.807, 2.05) is 34.1 Å². The second kappa shape index (κ2) is 9.41. The number of nitrogens with zero attached hydrogens (tertiary/aromatic N) is 2. The van der Waals surface area contributed by atoms with Gasteiger partial charge in [0.1, 0.15) is 5.75 Å². The van der Waals surface area contributed by atoms with Crippen molar-refractivity contribution in [3.8, 4) is 5.75 Å². The number of carbonyl (C=O) groups excluding carboxylic acids is 2. The van der Waals surface area contributed by atoms with E-state index in [1.54, 1.807) is 7.11 Å². The van der Waals surface area contributed by atoms with Gasteiger partial charge in [0.2, 0.25) is 11.8 Å². The zero-order valence-electron chi connectivity index (χ0n) is 17.1. The molecule has 2 aliphatic rings. The van der Waals surface area contributed by atoms with E-state index >= 15 is 0 Å². The van der Waals surface area contributed by atoms with Crippen LogP contribution in [0.4, 0.5) is 0 Å². The van der Waals surface area contributed by atoms with Crippen LogP contribution in [0.1, 0.15) is 50.6 Å². The molecule has 28 heavy (non-hydrogen) atoms. The minimum Gasteiger partial charge on any atom is -0.496 e. The number of para-hydroxylation sites is 1. The zero-order valence-corrected chi connectivity index (χ0v) is 17.1. The largest absolute Gasteiger partial charge is 0.496 e. The molecule has 2 saturated heterocycles. The van der Waals surface area contributed by atoms with Crippen LogP contribution in [0, 0.1) is 11.8 Å². The summed E-state index contributed by atoms with van der Waals surface area (Å²) in [5.74, 6) is 1.18. The van der Waals surface area contributed by atoms with E-state index < -0.39 is 0 Å². The summed E-state index contributed by atoms with van der Waals surface area (Å²) in [6.07, 6.45) is 3.92. The number of unbranched alkanes of at least 4 members (excludes halogenated alkanes) is 1. The molecule has 3 atom stereocenters. The molecule has 6 nitrogen and oxygen atoms in total. The fourth-order valence-electron chi connectivity index (χ4n) is 4.56. The third-order valence-electron chi connectivity index (χ3n) is 6.16. The van der Waals surface area contributed by atoms with Crippen LogP contribution in [-0.2, 0) is 9.59 Å². The Kier molecular flexibility index (Phi) is 6.94. The molecule has 1 aromatic carbocycles. The summed E-state index contributed by atoms with van der Waals surface area (Å²) in [5, 5.41) is 0. The van der Waals surface area contributed by atoms with E-state index in [0.29, 0.717) is 31.8 Å². The topological polar surface area (TPSA) is 75.9 Å². The first kappa shape index (κ1) is 20.6. The molecule has 0 aromatic heterocycles. The van der Waals surface area contributed by atoms with Crippen molar-refractivity contribution < 1.29 is 14.3 Å². The lowest BCUT2D eigenvalue weighted by Crippen LogP contribution is -2.49. The standard InChI is InChI=1S/C22H33N3O3/c1-3-4-12-25-20(26)10-9-18(22(27)24-13-11-16(14-23)15-24)21(25)17-7-5-6-8-19(17)28-2/h5-8,16,18,21H,3-4,9-15,23H2,1-2H3. The van der Waals surface area contributed by atoms with Gasteiger partial charge in [-0.2, -0.15) is 0 Å². The molecule has 0 spiro atoms. The average Bonchev–Trinajstić information content (AvgIpc) is 3.21. The van der Waals surface area contributed by atoms with E-state index in [-0.39, 0.29) is 23.8 Å². The predicted molar refractivity (Wildman–Crippen MR) is 109 cm³/mol. The Hall–Kier alpha value is -2.08. The number of benzene rings is 1. The Morgan fingerprint density at radius 1 is 1.29 bits per heavy atom. The van der Waals surface area contributed by atoms with E-state index in [0.717, 1.165) is 43.7 Å². The van der Waals surface area contributed by atoms with Gasteiger partial charge in [-0.1, -0.05) is 31.5 Å². The molecule has 3 rings (SSSR count). The molecule has 0 saturated carbocycles. The highest BCUT2D eigenvalue weighted by atomic mass is 16.5. The van der Waals surface area contributed by atoms with Crippen molar-refractivity contribution >= 4 is 11.8 Å². The van der Waals surface area contributed by atoms with E-state index in [2.05, 4.69) is 6.92 Å². The van der Waals surface area contributed by atoms with Gasteiger partial charge < -0.3 is 20.3 Å². The van der Waals surface area contributed by atoms with Crippen LogP contribution in [0.2, 0.25) is 0 Å². The Morgan fingerprint density at radius 3 is 2.75 bits per heavy atom. The van der Waals surface area contributed by atoms with E-state index in [4.69, 9.17) is 10.5 Å². The third kappa shape index (κ3) is 4.17. The quantitative estimate of drug-likeness (QED) is 0.780. The lowest BCUT2D eigenvalue weighted by molar-refractivity contribution is -0.147. The van der Waals surface area contributed by atoms with Crippen LogP contribution >= 0.6 is 0 Å². The van der Waals surface area contributed by atoms with Crippen molar-refractivity contribution in [1.82, 2.24) is 9.80 Å². The minimum absolute atomic E-state index is 0.134. The number of piperidine rings is 1.